The molecule has 2 N–H and O–H groups in total. The fourth-order valence-corrected chi connectivity index (χ4v) is 1.80. The molecule has 1 rings (SSSR count). The summed E-state index contributed by atoms with van der Waals surface area (Å²) in [5, 5.41) is 7.92. The van der Waals surface area contributed by atoms with Gasteiger partial charge in [-0.3, -0.25) is 0 Å². The lowest BCUT2D eigenvalue weighted by Crippen LogP contribution is -2.40. The lowest BCUT2D eigenvalue weighted by atomic mass is 10.2. The molecule has 0 aliphatic rings. The molecule has 114 valence electrons. The third-order valence-electron chi connectivity index (χ3n) is 2.64. The Morgan fingerprint density at radius 2 is 1.95 bits per heavy atom. The van der Waals surface area contributed by atoms with Crippen molar-refractivity contribution in [3.05, 3.63) is 34.9 Å². The van der Waals surface area contributed by atoms with E-state index in [0.29, 0.717) is 11.8 Å². The fraction of sp³-hybridized carbons (Fsp3) is 0.500. The molecule has 1 aromatic carbocycles. The van der Waals surface area contributed by atoms with E-state index in [1.54, 1.807) is 0 Å². The van der Waals surface area contributed by atoms with Crippen molar-refractivity contribution in [1.82, 2.24) is 10.6 Å². The van der Waals surface area contributed by atoms with Gasteiger partial charge in [0.2, 0.25) is 0 Å². The molecule has 0 heterocycles. The molecule has 1 aromatic rings. The number of rotatable bonds is 6. The van der Waals surface area contributed by atoms with E-state index in [1.165, 1.54) is 0 Å². The van der Waals surface area contributed by atoms with Crippen molar-refractivity contribution in [2.24, 2.45) is 4.99 Å². The predicted molar refractivity (Wildman–Crippen MR) is 103 cm³/mol. The number of aliphatic imine (C=N–C) groups is 1. The molecule has 3 nitrogen and oxygen atoms in total. The molecular formula is C14H23ClIN3S. The third-order valence-corrected chi connectivity index (χ3v) is 3.86. The van der Waals surface area contributed by atoms with Crippen molar-refractivity contribution in [2.45, 2.75) is 25.6 Å². The smallest absolute Gasteiger partial charge is 0.191 e. The van der Waals surface area contributed by atoms with Gasteiger partial charge in [0, 0.05) is 23.4 Å². The minimum atomic E-state index is 0. The van der Waals surface area contributed by atoms with E-state index < -0.39 is 0 Å². The number of thioether (sulfide) groups is 1. The van der Waals surface area contributed by atoms with Gasteiger partial charge in [0.05, 0.1) is 6.54 Å². The maximum atomic E-state index is 5.86. The molecule has 0 radical (unpaired) electrons. The normalized spacial score (nSPS) is 12.5. The van der Waals surface area contributed by atoms with Crippen LogP contribution < -0.4 is 10.6 Å². The standard InChI is InChI=1S/C14H22ClN3S.HI/c1-4-16-14(17-9-11(2)19-3)18-10-12-5-7-13(15)8-6-12;/h5-8,11H,4,9-10H2,1-3H3,(H2,16,17,18);1H. The van der Waals surface area contributed by atoms with Crippen LogP contribution in [0.15, 0.2) is 29.3 Å². The van der Waals surface area contributed by atoms with Crippen LogP contribution in [-0.4, -0.2) is 30.6 Å². The maximum absolute atomic E-state index is 5.86. The number of hydrogen-bond donors (Lipinski definition) is 2. The number of benzene rings is 1. The predicted octanol–water partition coefficient (Wildman–Crippen LogP) is 3.76. The second-order valence-corrected chi connectivity index (χ2v) is 5.96. The largest absolute Gasteiger partial charge is 0.357 e. The fourth-order valence-electron chi connectivity index (χ4n) is 1.43. The number of hydrogen-bond acceptors (Lipinski definition) is 2. The zero-order valence-corrected chi connectivity index (χ0v) is 16.1. The molecule has 0 saturated heterocycles. The summed E-state index contributed by atoms with van der Waals surface area (Å²) in [7, 11) is 0. The van der Waals surface area contributed by atoms with Gasteiger partial charge in [-0.15, -0.1) is 24.0 Å². The number of nitrogens with one attached hydrogen (secondary N) is 2. The molecule has 0 bridgehead atoms. The first-order valence-corrected chi connectivity index (χ1v) is 8.11. The molecule has 0 aliphatic heterocycles. The SMILES string of the molecule is CCNC(=NCc1ccc(Cl)cc1)NCC(C)SC.I. The quantitative estimate of drug-likeness (QED) is 0.412. The van der Waals surface area contributed by atoms with Gasteiger partial charge in [0.15, 0.2) is 5.96 Å². The molecule has 0 fully saturated rings. The summed E-state index contributed by atoms with van der Waals surface area (Å²) in [6.45, 7) is 6.69. The Balaban J connectivity index is 0.00000361. The highest BCUT2D eigenvalue weighted by Crippen LogP contribution is 2.10. The van der Waals surface area contributed by atoms with Crippen LogP contribution in [0.25, 0.3) is 0 Å². The first-order valence-electron chi connectivity index (χ1n) is 6.45. The topological polar surface area (TPSA) is 36.4 Å². The van der Waals surface area contributed by atoms with Gasteiger partial charge in [-0.1, -0.05) is 30.7 Å². The van der Waals surface area contributed by atoms with Crippen LogP contribution in [0.5, 0.6) is 0 Å². The van der Waals surface area contributed by atoms with Gasteiger partial charge in [-0.25, -0.2) is 4.99 Å². The Labute approximate surface area is 148 Å². The summed E-state index contributed by atoms with van der Waals surface area (Å²) in [6.07, 6.45) is 2.12. The van der Waals surface area contributed by atoms with E-state index in [-0.39, 0.29) is 24.0 Å². The molecule has 1 atom stereocenters. The summed E-state index contributed by atoms with van der Waals surface area (Å²) in [6, 6.07) is 7.78. The first-order chi connectivity index (χ1) is 9.15. The van der Waals surface area contributed by atoms with Crippen LogP contribution in [0.3, 0.4) is 0 Å². The van der Waals surface area contributed by atoms with Crippen LogP contribution in [0.1, 0.15) is 19.4 Å². The van der Waals surface area contributed by atoms with E-state index in [2.05, 4.69) is 35.7 Å². The summed E-state index contributed by atoms with van der Waals surface area (Å²) in [5.74, 6) is 0.860. The molecule has 0 spiro atoms. The highest BCUT2D eigenvalue weighted by atomic mass is 127. The van der Waals surface area contributed by atoms with Crippen molar-refractivity contribution in [1.29, 1.82) is 0 Å². The van der Waals surface area contributed by atoms with Gasteiger partial charge in [0.1, 0.15) is 0 Å². The van der Waals surface area contributed by atoms with Gasteiger partial charge < -0.3 is 10.6 Å². The van der Waals surface area contributed by atoms with Crippen LogP contribution in [0.4, 0.5) is 0 Å². The van der Waals surface area contributed by atoms with E-state index in [1.807, 2.05) is 36.0 Å². The van der Waals surface area contributed by atoms with E-state index >= 15 is 0 Å². The van der Waals surface area contributed by atoms with Crippen molar-refractivity contribution < 1.29 is 0 Å². The van der Waals surface area contributed by atoms with E-state index in [9.17, 15) is 0 Å². The van der Waals surface area contributed by atoms with E-state index in [4.69, 9.17) is 11.6 Å². The highest BCUT2D eigenvalue weighted by Gasteiger charge is 2.01. The van der Waals surface area contributed by atoms with Crippen LogP contribution in [-0.2, 0) is 6.54 Å². The molecular weight excluding hydrogens is 405 g/mol. The number of guanidine groups is 1. The summed E-state index contributed by atoms with van der Waals surface area (Å²) < 4.78 is 0. The minimum Gasteiger partial charge on any atom is -0.357 e. The minimum absolute atomic E-state index is 0. The Morgan fingerprint density at radius 1 is 1.30 bits per heavy atom. The van der Waals surface area contributed by atoms with E-state index in [0.717, 1.165) is 29.6 Å². The molecule has 0 aliphatic carbocycles. The molecule has 0 aromatic heterocycles. The third kappa shape index (κ3) is 8.21. The molecule has 6 heteroatoms. The van der Waals surface area contributed by atoms with Crippen LogP contribution >= 0.6 is 47.3 Å². The second kappa shape index (κ2) is 11.5. The summed E-state index contributed by atoms with van der Waals surface area (Å²) >= 11 is 7.70. The zero-order valence-electron chi connectivity index (χ0n) is 12.1. The van der Waals surface area contributed by atoms with Gasteiger partial charge in [-0.05, 0) is 30.9 Å². The zero-order chi connectivity index (χ0) is 14.1. The number of nitrogens with zero attached hydrogens (tertiary/aromatic N) is 1. The molecule has 1 unspecified atom stereocenters. The van der Waals surface area contributed by atoms with Gasteiger partial charge in [0.25, 0.3) is 0 Å². The molecule has 20 heavy (non-hydrogen) atoms. The van der Waals surface area contributed by atoms with Crippen molar-refractivity contribution in [2.75, 3.05) is 19.3 Å². The second-order valence-electron chi connectivity index (χ2n) is 4.25. The Morgan fingerprint density at radius 3 is 2.50 bits per heavy atom. The summed E-state index contributed by atoms with van der Waals surface area (Å²) in [4.78, 5) is 4.56. The van der Waals surface area contributed by atoms with Crippen molar-refractivity contribution in [3.8, 4) is 0 Å². The average molecular weight is 428 g/mol. The maximum Gasteiger partial charge on any atom is 0.191 e. The molecule has 0 saturated carbocycles. The first kappa shape index (κ1) is 19.9. The van der Waals surface area contributed by atoms with Gasteiger partial charge >= 0.3 is 0 Å². The van der Waals surface area contributed by atoms with Crippen molar-refractivity contribution >= 4 is 53.3 Å². The Bertz CT molecular complexity index is 398. The lowest BCUT2D eigenvalue weighted by Gasteiger charge is -2.14. The van der Waals surface area contributed by atoms with Crippen molar-refractivity contribution in [3.63, 3.8) is 0 Å². The Hall–Kier alpha value is -0.140. The van der Waals surface area contributed by atoms with Gasteiger partial charge in [-0.2, -0.15) is 11.8 Å². The highest BCUT2D eigenvalue weighted by molar-refractivity contribution is 14.0. The summed E-state index contributed by atoms with van der Waals surface area (Å²) in [5.41, 5.74) is 1.15. The monoisotopic (exact) mass is 427 g/mol. The average Bonchev–Trinajstić information content (AvgIpc) is 2.43. The molecule has 0 amide bonds. The lowest BCUT2D eigenvalue weighted by molar-refractivity contribution is 0.795. The number of halogens is 2. The van der Waals surface area contributed by atoms with Crippen LogP contribution in [0, 0.1) is 0 Å². The Kier molecular flexibility index (Phi) is 11.4. The van der Waals surface area contributed by atoms with Crippen LogP contribution in [0.2, 0.25) is 5.02 Å².